The highest BCUT2D eigenvalue weighted by molar-refractivity contribution is 6.33. The van der Waals surface area contributed by atoms with Gasteiger partial charge in [-0.05, 0) is 45.6 Å². The molecule has 1 aromatic carbocycles. The summed E-state index contributed by atoms with van der Waals surface area (Å²) in [7, 11) is 5.11. The van der Waals surface area contributed by atoms with E-state index in [1.165, 1.54) is 4.68 Å². The van der Waals surface area contributed by atoms with Crippen molar-refractivity contribution in [1.82, 2.24) is 45.8 Å². The van der Waals surface area contributed by atoms with E-state index in [4.69, 9.17) is 11.6 Å². The number of carbonyl (C=O) groups is 3. The molecule has 3 heterocycles. The first-order chi connectivity index (χ1) is 21.1. The second kappa shape index (κ2) is 13.5. The Bertz CT molecular complexity index is 1490. The fraction of sp³-hybridized carbons (Fsp3) is 0.481. The van der Waals surface area contributed by atoms with Crippen LogP contribution in [0, 0.1) is 6.92 Å². The van der Waals surface area contributed by atoms with Gasteiger partial charge in [0.1, 0.15) is 18.5 Å². The monoisotopic (exact) mass is 656 g/mol. The number of alkyl halides is 3. The van der Waals surface area contributed by atoms with Crippen LogP contribution in [0.5, 0.6) is 5.75 Å². The van der Waals surface area contributed by atoms with E-state index in [0.717, 1.165) is 17.1 Å². The zero-order valence-electron chi connectivity index (χ0n) is 25.4. The SMILES string of the molecule is CC/C1=C(\N2CCN(C(=O)c3nn(C)c(C)c3O)CC2)C(=O)N(CC(=O)Nc2ccc(C(F)(F)F)cc2Cl)NC(N(C)C)NN1. The molecule has 14 nitrogen and oxygen atoms in total. The molecule has 246 valence electrons. The lowest BCUT2D eigenvalue weighted by molar-refractivity contribution is -0.139. The minimum absolute atomic E-state index is 0.0435. The Labute approximate surface area is 262 Å². The fourth-order valence-electron chi connectivity index (χ4n) is 4.80. The first kappa shape index (κ1) is 33.8. The van der Waals surface area contributed by atoms with Crippen LogP contribution < -0.4 is 21.6 Å². The minimum Gasteiger partial charge on any atom is -0.504 e. The second-order valence-corrected chi connectivity index (χ2v) is 11.2. The van der Waals surface area contributed by atoms with Gasteiger partial charge in [0.25, 0.3) is 11.8 Å². The molecule has 2 aliphatic rings. The highest BCUT2D eigenvalue weighted by Crippen LogP contribution is 2.34. The number of aryl methyl sites for hydroxylation is 1. The van der Waals surface area contributed by atoms with Gasteiger partial charge in [0.2, 0.25) is 5.91 Å². The normalized spacial score (nSPS) is 19.8. The minimum atomic E-state index is -4.60. The van der Waals surface area contributed by atoms with Crippen LogP contribution in [-0.4, -0.2) is 105 Å². The van der Waals surface area contributed by atoms with Gasteiger partial charge in [0.05, 0.1) is 27.7 Å². The van der Waals surface area contributed by atoms with Crippen molar-refractivity contribution in [2.45, 2.75) is 32.7 Å². The molecule has 0 saturated carbocycles. The summed E-state index contributed by atoms with van der Waals surface area (Å²) in [5, 5.41) is 17.8. The summed E-state index contributed by atoms with van der Waals surface area (Å²) in [6.07, 6.45) is -4.84. The number of nitrogens with zero attached hydrogens (tertiary/aromatic N) is 6. The topological polar surface area (TPSA) is 150 Å². The Kier molecular flexibility index (Phi) is 10.2. The van der Waals surface area contributed by atoms with Crippen LogP contribution in [0.3, 0.4) is 0 Å². The average molecular weight is 657 g/mol. The number of aromatic hydroxyl groups is 1. The summed E-state index contributed by atoms with van der Waals surface area (Å²) < 4.78 is 40.6. The average Bonchev–Trinajstić information content (AvgIpc) is 3.24. The molecule has 1 unspecified atom stereocenters. The summed E-state index contributed by atoms with van der Waals surface area (Å²) in [5.41, 5.74) is 9.36. The largest absolute Gasteiger partial charge is 0.504 e. The standard InChI is InChI=1S/C27H36ClF3N10O4/c1-6-18-22(39-9-11-40(12-10-39)24(44)21-23(43)15(2)38(5)35-21)25(45)41(36-26(34-33-18)37(3)4)14-20(42)32-19-8-7-16(13-17(19)28)27(29,30)31/h7-8,13,26,33-34,36,43H,6,9-12,14H2,1-5H3,(H,32,42)/b22-18+. The number of piperazine rings is 1. The van der Waals surface area contributed by atoms with Crippen LogP contribution in [0.4, 0.5) is 18.9 Å². The molecule has 0 aliphatic carbocycles. The van der Waals surface area contributed by atoms with Crippen molar-refractivity contribution in [2.75, 3.05) is 52.1 Å². The number of carbonyl (C=O) groups excluding carboxylic acids is 3. The Morgan fingerprint density at radius 1 is 1.20 bits per heavy atom. The van der Waals surface area contributed by atoms with Crippen LogP contribution in [-0.2, 0) is 22.8 Å². The second-order valence-electron chi connectivity index (χ2n) is 10.8. The number of aromatic nitrogens is 2. The van der Waals surface area contributed by atoms with E-state index in [1.807, 2.05) is 6.92 Å². The van der Waals surface area contributed by atoms with Crippen molar-refractivity contribution < 1.29 is 32.7 Å². The van der Waals surface area contributed by atoms with Gasteiger partial charge >= 0.3 is 6.18 Å². The van der Waals surface area contributed by atoms with E-state index in [9.17, 15) is 32.7 Å². The molecule has 0 spiro atoms. The highest BCUT2D eigenvalue weighted by atomic mass is 35.5. The number of hydrogen-bond acceptors (Lipinski definition) is 10. The van der Waals surface area contributed by atoms with E-state index in [1.54, 1.807) is 42.8 Å². The van der Waals surface area contributed by atoms with Gasteiger partial charge in [-0.25, -0.2) is 5.43 Å². The van der Waals surface area contributed by atoms with Gasteiger partial charge in [-0.3, -0.25) is 29.0 Å². The van der Waals surface area contributed by atoms with Crippen molar-refractivity contribution in [3.63, 3.8) is 0 Å². The molecule has 18 heteroatoms. The Morgan fingerprint density at radius 2 is 1.87 bits per heavy atom. The van der Waals surface area contributed by atoms with E-state index in [-0.39, 0.29) is 54.0 Å². The molecule has 45 heavy (non-hydrogen) atoms. The van der Waals surface area contributed by atoms with E-state index < -0.39 is 42.3 Å². The van der Waals surface area contributed by atoms with Crippen molar-refractivity contribution >= 4 is 35.0 Å². The predicted octanol–water partition coefficient (Wildman–Crippen LogP) is 1.41. The lowest BCUT2D eigenvalue weighted by Gasteiger charge is -2.41. The van der Waals surface area contributed by atoms with Crippen LogP contribution in [0.2, 0.25) is 5.02 Å². The number of hydrazine groups is 2. The number of allylic oxidation sites excluding steroid dienone is 1. The third kappa shape index (κ3) is 7.43. The summed E-state index contributed by atoms with van der Waals surface area (Å²) in [5.74, 6) is -1.86. The Balaban J connectivity index is 1.54. The third-order valence-corrected chi connectivity index (χ3v) is 7.81. The molecule has 0 radical (unpaired) electrons. The highest BCUT2D eigenvalue weighted by Gasteiger charge is 2.36. The lowest BCUT2D eigenvalue weighted by Crippen LogP contribution is -2.66. The molecule has 1 aromatic heterocycles. The van der Waals surface area contributed by atoms with Crippen LogP contribution in [0.1, 0.15) is 35.1 Å². The van der Waals surface area contributed by atoms with Gasteiger partial charge in [-0.15, -0.1) is 0 Å². The summed E-state index contributed by atoms with van der Waals surface area (Å²) >= 11 is 6.02. The van der Waals surface area contributed by atoms with Crippen molar-refractivity contribution in [3.8, 4) is 5.75 Å². The zero-order chi connectivity index (χ0) is 33.2. The van der Waals surface area contributed by atoms with Crippen molar-refractivity contribution in [2.24, 2.45) is 7.05 Å². The number of anilines is 1. The molecule has 2 aromatic rings. The van der Waals surface area contributed by atoms with Gasteiger partial charge in [0.15, 0.2) is 11.4 Å². The van der Waals surface area contributed by atoms with Crippen molar-refractivity contribution in [1.29, 1.82) is 0 Å². The molecule has 1 atom stereocenters. The molecule has 1 fully saturated rings. The molecule has 2 aliphatic heterocycles. The van der Waals surface area contributed by atoms with Gasteiger partial charge in [-0.1, -0.05) is 18.5 Å². The summed E-state index contributed by atoms with van der Waals surface area (Å²) in [6, 6.07) is 2.56. The number of amides is 3. The number of hydrogen-bond donors (Lipinski definition) is 5. The molecule has 4 rings (SSSR count). The quantitative estimate of drug-likeness (QED) is 0.296. The van der Waals surface area contributed by atoms with E-state index >= 15 is 0 Å². The van der Waals surface area contributed by atoms with Crippen LogP contribution in [0.15, 0.2) is 29.6 Å². The lowest BCUT2D eigenvalue weighted by atomic mass is 10.1. The summed E-state index contributed by atoms with van der Waals surface area (Å²) in [6.45, 7) is 3.99. The number of halogens is 4. The third-order valence-electron chi connectivity index (χ3n) is 7.50. The number of benzene rings is 1. The van der Waals surface area contributed by atoms with Gasteiger partial charge in [-0.2, -0.15) is 23.7 Å². The Morgan fingerprint density at radius 3 is 2.40 bits per heavy atom. The number of rotatable bonds is 7. The maximum Gasteiger partial charge on any atom is 0.416 e. The summed E-state index contributed by atoms with van der Waals surface area (Å²) in [4.78, 5) is 45.4. The van der Waals surface area contributed by atoms with E-state index in [2.05, 4.69) is 26.7 Å². The van der Waals surface area contributed by atoms with E-state index in [0.29, 0.717) is 23.9 Å². The molecular weight excluding hydrogens is 621 g/mol. The van der Waals surface area contributed by atoms with Gasteiger partial charge in [0, 0.05) is 33.2 Å². The van der Waals surface area contributed by atoms with Gasteiger partial charge < -0.3 is 25.6 Å². The maximum atomic E-state index is 14.1. The molecule has 5 N–H and O–H groups in total. The molecule has 3 amide bonds. The first-order valence-electron chi connectivity index (χ1n) is 14.0. The molecule has 1 saturated heterocycles. The van der Waals surface area contributed by atoms with Crippen LogP contribution >= 0.6 is 11.6 Å². The smallest absolute Gasteiger partial charge is 0.416 e. The molecular formula is C27H36ClF3N10O4. The van der Waals surface area contributed by atoms with Crippen LogP contribution in [0.25, 0.3) is 0 Å². The maximum absolute atomic E-state index is 14.1. The molecule has 0 bridgehead atoms. The van der Waals surface area contributed by atoms with Crippen molar-refractivity contribution in [3.05, 3.63) is 51.6 Å². The zero-order valence-corrected chi connectivity index (χ0v) is 26.2. The number of nitrogens with one attached hydrogen (secondary N) is 4. The fourth-order valence-corrected chi connectivity index (χ4v) is 5.03. The first-order valence-corrected chi connectivity index (χ1v) is 14.4. The predicted molar refractivity (Wildman–Crippen MR) is 158 cm³/mol. The Hall–Kier alpha value is -4.06.